The lowest BCUT2D eigenvalue weighted by atomic mass is 9.95. The predicted molar refractivity (Wildman–Crippen MR) is 146 cm³/mol. The number of aliphatic hydroxyl groups is 1. The molecule has 0 unspecified atom stereocenters. The fraction of sp³-hybridized carbons (Fsp3) is 0.172. The Morgan fingerprint density at radius 2 is 1.77 bits per heavy atom. The van der Waals surface area contributed by atoms with E-state index in [0.29, 0.717) is 28.5 Å². The number of Topliss-reactive ketones (excluding diaryl/α,β-unsaturated/α-hetero) is 1. The molecule has 1 fully saturated rings. The predicted octanol–water partition coefficient (Wildman–Crippen LogP) is 5.07. The number of ether oxygens (including phenoxy) is 2. The Hall–Kier alpha value is -4.70. The number of carbonyl (C=O) groups is 2. The highest BCUT2D eigenvalue weighted by Gasteiger charge is 2.48. The van der Waals surface area contributed by atoms with Gasteiger partial charge in [-0.15, -0.1) is 10.2 Å². The van der Waals surface area contributed by atoms with Crippen LogP contribution in [0, 0.1) is 13.8 Å². The molecule has 3 aromatic carbocycles. The normalized spacial score (nSPS) is 16.5. The van der Waals surface area contributed by atoms with Gasteiger partial charge in [0.25, 0.3) is 5.78 Å². The van der Waals surface area contributed by atoms with E-state index in [0.717, 1.165) is 22.5 Å². The molecule has 1 aromatic heterocycles. The summed E-state index contributed by atoms with van der Waals surface area (Å²) in [6, 6.07) is 18.0. The van der Waals surface area contributed by atoms with Crippen LogP contribution in [-0.4, -0.2) is 39.2 Å². The average Bonchev–Trinajstić information content (AvgIpc) is 3.48. The lowest BCUT2D eigenvalue weighted by Crippen LogP contribution is -2.29. The summed E-state index contributed by atoms with van der Waals surface area (Å²) in [5.41, 5.74) is 2.83. The molecule has 9 nitrogen and oxygen atoms in total. The van der Waals surface area contributed by atoms with E-state index in [1.807, 2.05) is 31.2 Å². The number of phenols is 1. The van der Waals surface area contributed by atoms with Gasteiger partial charge in [-0.2, -0.15) is 0 Å². The van der Waals surface area contributed by atoms with Gasteiger partial charge in [-0.05, 0) is 66.9 Å². The Bertz CT molecular complexity index is 1590. The van der Waals surface area contributed by atoms with Crippen LogP contribution in [0.15, 0.2) is 72.3 Å². The van der Waals surface area contributed by atoms with Gasteiger partial charge in [0, 0.05) is 5.56 Å². The molecule has 5 rings (SSSR count). The Kier molecular flexibility index (Phi) is 7.03. The number of aromatic hydroxyl groups is 1. The molecule has 2 N–H and O–H groups in total. The van der Waals surface area contributed by atoms with Gasteiger partial charge in [-0.25, -0.2) is 0 Å². The van der Waals surface area contributed by atoms with Gasteiger partial charge >= 0.3 is 5.91 Å². The number of anilines is 1. The number of aliphatic hydroxyl groups excluding tert-OH is 1. The molecule has 0 aliphatic carbocycles. The number of amides is 1. The molecule has 0 spiro atoms. The number of hydrogen-bond acceptors (Lipinski definition) is 9. The highest BCUT2D eigenvalue weighted by atomic mass is 32.1. The maximum absolute atomic E-state index is 13.3. The van der Waals surface area contributed by atoms with Crippen LogP contribution in [0.5, 0.6) is 17.2 Å². The van der Waals surface area contributed by atoms with E-state index in [9.17, 15) is 19.8 Å². The van der Waals surface area contributed by atoms with Crippen molar-refractivity contribution in [3.05, 3.63) is 99.6 Å². The molecule has 1 atom stereocenters. The lowest BCUT2D eigenvalue weighted by Gasteiger charge is -2.23. The fourth-order valence-electron chi connectivity index (χ4n) is 4.39. The van der Waals surface area contributed by atoms with Crippen LogP contribution in [0.4, 0.5) is 5.13 Å². The summed E-state index contributed by atoms with van der Waals surface area (Å²) in [6.07, 6.45) is 0. The summed E-state index contributed by atoms with van der Waals surface area (Å²) in [4.78, 5) is 27.8. The highest BCUT2D eigenvalue weighted by Crippen LogP contribution is 2.44. The van der Waals surface area contributed by atoms with Crippen LogP contribution in [0.2, 0.25) is 0 Å². The Labute approximate surface area is 228 Å². The van der Waals surface area contributed by atoms with E-state index in [4.69, 9.17) is 9.47 Å². The molecule has 1 amide bonds. The highest BCUT2D eigenvalue weighted by molar-refractivity contribution is 7.15. The molecule has 0 radical (unpaired) electrons. The van der Waals surface area contributed by atoms with Crippen LogP contribution < -0.4 is 14.4 Å². The number of aromatic nitrogens is 2. The zero-order chi connectivity index (χ0) is 27.7. The third-order valence-corrected chi connectivity index (χ3v) is 7.31. The Morgan fingerprint density at radius 1 is 1.03 bits per heavy atom. The van der Waals surface area contributed by atoms with E-state index in [-0.39, 0.29) is 28.0 Å². The topological polar surface area (TPSA) is 122 Å². The minimum Gasteiger partial charge on any atom is -0.507 e. The van der Waals surface area contributed by atoms with E-state index in [1.165, 1.54) is 24.1 Å². The second kappa shape index (κ2) is 10.6. The number of benzene rings is 3. The largest absolute Gasteiger partial charge is 0.507 e. The van der Waals surface area contributed by atoms with Gasteiger partial charge in [-0.1, -0.05) is 41.7 Å². The molecular weight excluding hydrogens is 518 g/mol. The number of phenolic OH excluding ortho intramolecular Hbond substituents is 1. The quantitative estimate of drug-likeness (QED) is 0.188. The van der Waals surface area contributed by atoms with Gasteiger partial charge < -0.3 is 19.7 Å². The molecule has 1 saturated heterocycles. The summed E-state index contributed by atoms with van der Waals surface area (Å²) in [5.74, 6) is -1.42. The van der Waals surface area contributed by atoms with Crippen molar-refractivity contribution >= 4 is 33.9 Å². The van der Waals surface area contributed by atoms with Crippen molar-refractivity contribution in [2.75, 3.05) is 12.0 Å². The number of methoxy groups -OCH3 is 1. The lowest BCUT2D eigenvalue weighted by molar-refractivity contribution is -0.132. The zero-order valence-electron chi connectivity index (χ0n) is 21.4. The molecule has 10 heteroatoms. The first-order valence-electron chi connectivity index (χ1n) is 12.0. The summed E-state index contributed by atoms with van der Waals surface area (Å²) >= 11 is 1.15. The Balaban J connectivity index is 1.53. The van der Waals surface area contributed by atoms with Gasteiger partial charge in [0.2, 0.25) is 5.13 Å². The van der Waals surface area contributed by atoms with Crippen molar-refractivity contribution in [1.29, 1.82) is 0 Å². The van der Waals surface area contributed by atoms with Crippen LogP contribution in [0.3, 0.4) is 0 Å². The van der Waals surface area contributed by atoms with Gasteiger partial charge in [-0.3, -0.25) is 14.5 Å². The molecule has 0 saturated carbocycles. The summed E-state index contributed by atoms with van der Waals surface area (Å²) < 4.78 is 11.1. The first-order valence-corrected chi connectivity index (χ1v) is 12.9. The molecule has 4 aromatic rings. The molecule has 0 bridgehead atoms. The van der Waals surface area contributed by atoms with E-state index in [1.54, 1.807) is 37.3 Å². The molecule has 39 heavy (non-hydrogen) atoms. The van der Waals surface area contributed by atoms with E-state index >= 15 is 0 Å². The monoisotopic (exact) mass is 543 g/mol. The SMILES string of the molecule is COc1cc([C@H]2C(=C(O)c3ccc(OCc4ccccc4C)cc3)C(=O)C(=O)N2c2nnc(C)s2)ccc1O. The molecular formula is C29H25N3O6S. The van der Waals surface area contributed by atoms with Crippen molar-refractivity contribution in [2.24, 2.45) is 0 Å². The van der Waals surface area contributed by atoms with Gasteiger partial charge in [0.15, 0.2) is 11.5 Å². The van der Waals surface area contributed by atoms with E-state index in [2.05, 4.69) is 10.2 Å². The molecule has 1 aliphatic rings. The standard InChI is InChI=1S/C29H25N3O6S/c1-16-6-4-5-7-20(16)15-38-21-11-8-18(9-12-21)26(34)24-25(19-10-13-22(33)23(14-19)37-3)32(28(36)27(24)35)29-31-30-17(2)39-29/h4-14,25,33-34H,15H2,1-3H3/t25-/m0/s1. The van der Waals surface area contributed by atoms with Crippen molar-refractivity contribution in [1.82, 2.24) is 10.2 Å². The summed E-state index contributed by atoms with van der Waals surface area (Å²) in [6.45, 7) is 4.13. The second-order valence-corrected chi connectivity index (χ2v) is 10.1. The zero-order valence-corrected chi connectivity index (χ0v) is 22.2. The minimum atomic E-state index is -1.02. The second-order valence-electron chi connectivity index (χ2n) is 8.94. The number of nitrogens with zero attached hydrogens (tertiary/aromatic N) is 3. The molecule has 2 heterocycles. The van der Waals surface area contributed by atoms with Gasteiger partial charge in [0.1, 0.15) is 23.1 Å². The van der Waals surface area contributed by atoms with Crippen molar-refractivity contribution in [2.45, 2.75) is 26.5 Å². The van der Waals surface area contributed by atoms with Gasteiger partial charge in [0.05, 0.1) is 18.7 Å². The number of hydrogen-bond donors (Lipinski definition) is 2. The van der Waals surface area contributed by atoms with Crippen LogP contribution >= 0.6 is 11.3 Å². The summed E-state index contributed by atoms with van der Waals surface area (Å²) in [7, 11) is 1.40. The van der Waals surface area contributed by atoms with E-state index < -0.39 is 17.7 Å². The number of rotatable bonds is 7. The minimum absolute atomic E-state index is 0.105. The fourth-order valence-corrected chi connectivity index (χ4v) is 5.10. The maximum atomic E-state index is 13.3. The smallest absolute Gasteiger partial charge is 0.301 e. The summed E-state index contributed by atoms with van der Waals surface area (Å²) in [5, 5.41) is 30.3. The Morgan fingerprint density at radius 3 is 2.44 bits per heavy atom. The third-order valence-electron chi connectivity index (χ3n) is 6.47. The first-order chi connectivity index (χ1) is 18.8. The molecule has 1 aliphatic heterocycles. The van der Waals surface area contributed by atoms with Crippen molar-refractivity contribution in [3.8, 4) is 17.2 Å². The number of aryl methyl sites for hydroxylation is 2. The molecule has 198 valence electrons. The first kappa shape index (κ1) is 25.9. The van der Waals surface area contributed by atoms with Crippen LogP contribution in [-0.2, 0) is 16.2 Å². The third kappa shape index (κ3) is 4.94. The average molecular weight is 544 g/mol. The van der Waals surface area contributed by atoms with Crippen molar-refractivity contribution < 1.29 is 29.3 Å². The maximum Gasteiger partial charge on any atom is 0.301 e. The van der Waals surface area contributed by atoms with Crippen LogP contribution in [0.1, 0.15) is 33.3 Å². The number of carbonyl (C=O) groups excluding carboxylic acids is 2. The van der Waals surface area contributed by atoms with Crippen LogP contribution in [0.25, 0.3) is 5.76 Å². The number of ketones is 1. The van der Waals surface area contributed by atoms with Crippen molar-refractivity contribution in [3.63, 3.8) is 0 Å².